The van der Waals surface area contributed by atoms with Gasteiger partial charge in [-0.2, -0.15) is 0 Å². The minimum absolute atomic E-state index is 0.135. The normalized spacial score (nSPS) is 11.8. The molecule has 6 heteroatoms. The number of carbonyl (C=O) groups excluding carboxylic acids is 1. The summed E-state index contributed by atoms with van der Waals surface area (Å²) in [5, 5.41) is 2.82. The first kappa shape index (κ1) is 21.1. The van der Waals surface area contributed by atoms with Gasteiger partial charge in [-0.15, -0.1) is 0 Å². The lowest BCUT2D eigenvalue weighted by atomic mass is 10.0. The van der Waals surface area contributed by atoms with Crippen LogP contribution in [-0.2, 0) is 34.2 Å². The largest absolute Gasteiger partial charge is 0.352 e. The summed E-state index contributed by atoms with van der Waals surface area (Å²) >= 11 is 0. The molecule has 0 heterocycles. The second kappa shape index (κ2) is 9.15. The fourth-order valence-electron chi connectivity index (χ4n) is 2.80. The molecule has 0 spiro atoms. The summed E-state index contributed by atoms with van der Waals surface area (Å²) < 4.78 is 26.0. The van der Waals surface area contributed by atoms with Crippen LogP contribution < -0.4 is 5.32 Å². The zero-order valence-electron chi connectivity index (χ0n) is 16.4. The third-order valence-corrected chi connectivity index (χ3v) is 6.15. The van der Waals surface area contributed by atoms with Gasteiger partial charge in [0.1, 0.15) is 0 Å². The first-order chi connectivity index (χ1) is 12.7. The van der Waals surface area contributed by atoms with Crippen LogP contribution in [0.25, 0.3) is 0 Å². The second-order valence-corrected chi connectivity index (χ2v) is 9.38. The SMILES string of the molecule is CC(C)Cc1ccc(CC(=O)NCc2ccccc2S(=O)(=O)N(C)C)cc1. The van der Waals surface area contributed by atoms with Crippen LogP contribution in [0.5, 0.6) is 0 Å². The van der Waals surface area contributed by atoms with Gasteiger partial charge in [-0.25, -0.2) is 12.7 Å². The van der Waals surface area contributed by atoms with Gasteiger partial charge in [-0.05, 0) is 35.1 Å². The summed E-state index contributed by atoms with van der Waals surface area (Å²) in [5.74, 6) is 0.460. The Morgan fingerprint density at radius 1 is 1.00 bits per heavy atom. The van der Waals surface area contributed by atoms with Crippen LogP contribution in [0.4, 0.5) is 0 Å². The molecule has 0 aliphatic carbocycles. The quantitative estimate of drug-likeness (QED) is 0.756. The fraction of sp³-hybridized carbons (Fsp3) is 0.381. The van der Waals surface area contributed by atoms with E-state index >= 15 is 0 Å². The van der Waals surface area contributed by atoms with Gasteiger partial charge in [0.05, 0.1) is 11.3 Å². The van der Waals surface area contributed by atoms with E-state index < -0.39 is 10.0 Å². The maximum Gasteiger partial charge on any atom is 0.242 e. The highest BCUT2D eigenvalue weighted by Gasteiger charge is 2.20. The summed E-state index contributed by atoms with van der Waals surface area (Å²) in [6.45, 7) is 4.53. The van der Waals surface area contributed by atoms with E-state index in [9.17, 15) is 13.2 Å². The Balaban J connectivity index is 2.00. The van der Waals surface area contributed by atoms with Gasteiger partial charge < -0.3 is 5.32 Å². The molecule has 0 bridgehead atoms. The lowest BCUT2D eigenvalue weighted by molar-refractivity contribution is -0.120. The zero-order valence-corrected chi connectivity index (χ0v) is 17.2. The summed E-state index contributed by atoms with van der Waals surface area (Å²) in [6.07, 6.45) is 1.29. The Hall–Kier alpha value is -2.18. The highest BCUT2D eigenvalue weighted by Crippen LogP contribution is 2.18. The molecule has 0 radical (unpaired) electrons. The maximum absolute atomic E-state index is 12.4. The Bertz CT molecular complexity index is 873. The van der Waals surface area contributed by atoms with Crippen molar-refractivity contribution in [1.29, 1.82) is 0 Å². The highest BCUT2D eigenvalue weighted by atomic mass is 32.2. The van der Waals surface area contributed by atoms with Crippen molar-refractivity contribution in [3.8, 4) is 0 Å². The molecular weight excluding hydrogens is 360 g/mol. The minimum atomic E-state index is -3.55. The molecule has 1 amide bonds. The molecule has 1 N–H and O–H groups in total. The minimum Gasteiger partial charge on any atom is -0.352 e. The highest BCUT2D eigenvalue weighted by molar-refractivity contribution is 7.89. The predicted octanol–water partition coefficient (Wildman–Crippen LogP) is 2.99. The Morgan fingerprint density at radius 2 is 1.59 bits per heavy atom. The third kappa shape index (κ3) is 5.91. The molecule has 0 fully saturated rings. The molecule has 0 unspecified atom stereocenters. The second-order valence-electron chi connectivity index (χ2n) is 7.26. The van der Waals surface area contributed by atoms with Crippen LogP contribution in [-0.4, -0.2) is 32.7 Å². The molecule has 2 aromatic rings. The van der Waals surface area contributed by atoms with E-state index in [2.05, 4.69) is 31.3 Å². The Kier molecular flexibility index (Phi) is 7.16. The van der Waals surface area contributed by atoms with Gasteiger partial charge in [0.15, 0.2) is 0 Å². The molecule has 2 rings (SSSR count). The molecule has 5 nitrogen and oxygen atoms in total. The average molecular weight is 389 g/mol. The number of rotatable bonds is 8. The average Bonchev–Trinajstić information content (AvgIpc) is 2.61. The molecular formula is C21H28N2O3S. The van der Waals surface area contributed by atoms with Gasteiger partial charge in [-0.1, -0.05) is 56.3 Å². The van der Waals surface area contributed by atoms with Crippen molar-refractivity contribution < 1.29 is 13.2 Å². The van der Waals surface area contributed by atoms with E-state index in [1.54, 1.807) is 24.3 Å². The molecule has 27 heavy (non-hydrogen) atoms. The first-order valence-electron chi connectivity index (χ1n) is 9.05. The van der Waals surface area contributed by atoms with Crippen molar-refractivity contribution in [1.82, 2.24) is 9.62 Å². The number of hydrogen-bond donors (Lipinski definition) is 1. The number of nitrogens with zero attached hydrogens (tertiary/aromatic N) is 1. The van der Waals surface area contributed by atoms with Crippen LogP contribution in [0.3, 0.4) is 0 Å². The van der Waals surface area contributed by atoms with Crippen LogP contribution >= 0.6 is 0 Å². The predicted molar refractivity (Wildman–Crippen MR) is 108 cm³/mol. The van der Waals surface area contributed by atoms with Crippen molar-refractivity contribution >= 4 is 15.9 Å². The van der Waals surface area contributed by atoms with Gasteiger partial charge in [0.2, 0.25) is 15.9 Å². The monoisotopic (exact) mass is 388 g/mol. The number of hydrogen-bond acceptors (Lipinski definition) is 3. The lowest BCUT2D eigenvalue weighted by Gasteiger charge is -2.15. The van der Waals surface area contributed by atoms with E-state index in [0.29, 0.717) is 11.5 Å². The smallest absolute Gasteiger partial charge is 0.242 e. The van der Waals surface area contributed by atoms with Crippen molar-refractivity contribution in [2.24, 2.45) is 5.92 Å². The number of benzene rings is 2. The number of carbonyl (C=O) groups is 1. The lowest BCUT2D eigenvalue weighted by Crippen LogP contribution is -2.27. The molecule has 0 atom stereocenters. The fourth-order valence-corrected chi connectivity index (χ4v) is 3.92. The molecule has 0 aliphatic rings. The summed E-state index contributed by atoms with van der Waals surface area (Å²) in [6, 6.07) is 14.8. The number of amides is 1. The van der Waals surface area contributed by atoms with E-state index in [0.717, 1.165) is 12.0 Å². The van der Waals surface area contributed by atoms with Crippen LogP contribution in [0.2, 0.25) is 0 Å². The van der Waals surface area contributed by atoms with E-state index in [1.807, 2.05) is 12.1 Å². The van der Waals surface area contributed by atoms with Gasteiger partial charge in [0, 0.05) is 20.6 Å². The van der Waals surface area contributed by atoms with Gasteiger partial charge in [0.25, 0.3) is 0 Å². The number of sulfonamides is 1. The summed E-state index contributed by atoms with van der Waals surface area (Å²) in [4.78, 5) is 12.5. The summed E-state index contributed by atoms with van der Waals surface area (Å²) in [5.41, 5.74) is 2.78. The van der Waals surface area contributed by atoms with Crippen molar-refractivity contribution in [3.05, 3.63) is 65.2 Å². The van der Waals surface area contributed by atoms with E-state index in [1.165, 1.54) is 24.0 Å². The number of nitrogens with one attached hydrogen (secondary N) is 1. The molecule has 0 saturated carbocycles. The molecule has 0 aliphatic heterocycles. The van der Waals surface area contributed by atoms with Gasteiger partial charge in [-0.3, -0.25) is 4.79 Å². The van der Waals surface area contributed by atoms with Crippen molar-refractivity contribution in [2.45, 2.75) is 38.1 Å². The molecule has 146 valence electrons. The van der Waals surface area contributed by atoms with Gasteiger partial charge >= 0.3 is 0 Å². The first-order valence-corrected chi connectivity index (χ1v) is 10.5. The molecule has 2 aromatic carbocycles. The van der Waals surface area contributed by atoms with Crippen molar-refractivity contribution in [3.63, 3.8) is 0 Å². The third-order valence-electron chi connectivity index (χ3n) is 4.24. The Morgan fingerprint density at radius 3 is 2.19 bits per heavy atom. The van der Waals surface area contributed by atoms with Crippen molar-refractivity contribution in [2.75, 3.05) is 14.1 Å². The van der Waals surface area contributed by atoms with Crippen LogP contribution in [0, 0.1) is 5.92 Å². The molecule has 0 aromatic heterocycles. The maximum atomic E-state index is 12.4. The van der Waals surface area contributed by atoms with E-state index in [-0.39, 0.29) is 23.8 Å². The standard InChI is InChI=1S/C21H28N2O3S/c1-16(2)13-17-9-11-18(12-10-17)14-21(24)22-15-19-7-5-6-8-20(19)27(25,26)23(3)4/h5-12,16H,13-15H2,1-4H3,(H,22,24). The Labute approximate surface area is 162 Å². The zero-order chi connectivity index (χ0) is 20.0. The van der Waals surface area contributed by atoms with E-state index in [4.69, 9.17) is 0 Å². The van der Waals surface area contributed by atoms with Crippen LogP contribution in [0.15, 0.2) is 53.4 Å². The molecule has 0 saturated heterocycles. The summed E-state index contributed by atoms with van der Waals surface area (Å²) in [7, 11) is -0.560. The topological polar surface area (TPSA) is 66.5 Å². The van der Waals surface area contributed by atoms with Crippen LogP contribution in [0.1, 0.15) is 30.5 Å².